The molecule has 19 heavy (non-hydrogen) atoms. The van der Waals surface area contributed by atoms with Gasteiger partial charge < -0.3 is 9.64 Å². The molecule has 0 aliphatic carbocycles. The van der Waals surface area contributed by atoms with Gasteiger partial charge in [-0.05, 0) is 18.6 Å². The van der Waals surface area contributed by atoms with Crippen molar-refractivity contribution < 1.29 is 4.74 Å². The summed E-state index contributed by atoms with van der Waals surface area (Å²) >= 11 is 0. The quantitative estimate of drug-likeness (QED) is 0.782. The predicted octanol–water partition coefficient (Wildman–Crippen LogP) is 2.33. The van der Waals surface area contributed by atoms with E-state index in [0.29, 0.717) is 12.2 Å². The first-order chi connectivity index (χ1) is 9.38. The molecule has 0 atom stereocenters. The Morgan fingerprint density at radius 3 is 3.00 bits per heavy atom. The smallest absolute Gasteiger partial charge is 0.147 e. The lowest BCUT2D eigenvalue weighted by atomic mass is 10.1. The van der Waals surface area contributed by atoms with Crippen LogP contribution in [0.2, 0.25) is 0 Å². The van der Waals surface area contributed by atoms with Crippen LogP contribution in [0, 0.1) is 11.3 Å². The molecule has 4 heteroatoms. The second kappa shape index (κ2) is 5.25. The van der Waals surface area contributed by atoms with Gasteiger partial charge in [-0.25, -0.2) is 4.98 Å². The van der Waals surface area contributed by atoms with Crippen LogP contribution < -0.4 is 4.90 Å². The summed E-state index contributed by atoms with van der Waals surface area (Å²) in [6, 6.07) is 12.1. The monoisotopic (exact) mass is 253 g/mol. The van der Waals surface area contributed by atoms with Crippen molar-refractivity contribution in [3.8, 4) is 6.07 Å². The standard InChI is InChI=1S/C15H15N3O/c16-11-13-10-12-4-1-2-5-14(12)17-15(13)18-6-3-8-19-9-7-18/h1-2,4-5,10H,3,6-9H2. The number of benzene rings is 1. The zero-order valence-electron chi connectivity index (χ0n) is 10.7. The molecule has 1 aliphatic heterocycles. The molecule has 0 radical (unpaired) electrons. The number of fused-ring (bicyclic) bond motifs is 1. The fourth-order valence-corrected chi connectivity index (χ4v) is 2.39. The summed E-state index contributed by atoms with van der Waals surface area (Å²) in [5.41, 5.74) is 1.57. The third-order valence-electron chi connectivity index (χ3n) is 3.35. The number of pyridine rings is 1. The summed E-state index contributed by atoms with van der Waals surface area (Å²) in [5.74, 6) is 0.784. The zero-order valence-corrected chi connectivity index (χ0v) is 10.7. The molecular formula is C15H15N3O. The van der Waals surface area contributed by atoms with Gasteiger partial charge in [0.1, 0.15) is 11.9 Å². The van der Waals surface area contributed by atoms with E-state index in [1.807, 2.05) is 30.3 Å². The molecule has 0 unspecified atom stereocenters. The van der Waals surface area contributed by atoms with Gasteiger partial charge in [-0.2, -0.15) is 5.26 Å². The minimum Gasteiger partial charge on any atom is -0.380 e. The second-order valence-corrected chi connectivity index (χ2v) is 4.62. The Kier molecular flexibility index (Phi) is 3.30. The van der Waals surface area contributed by atoms with E-state index in [4.69, 9.17) is 4.74 Å². The van der Waals surface area contributed by atoms with E-state index in [1.165, 1.54) is 0 Å². The minimum absolute atomic E-state index is 0.639. The van der Waals surface area contributed by atoms with Gasteiger partial charge in [0.25, 0.3) is 0 Å². The van der Waals surface area contributed by atoms with Crippen LogP contribution in [0.25, 0.3) is 10.9 Å². The Morgan fingerprint density at radius 1 is 1.21 bits per heavy atom. The molecule has 0 saturated carbocycles. The number of ether oxygens (including phenoxy) is 1. The van der Waals surface area contributed by atoms with Crippen molar-refractivity contribution in [3.05, 3.63) is 35.9 Å². The highest BCUT2D eigenvalue weighted by Crippen LogP contribution is 2.23. The van der Waals surface area contributed by atoms with Crippen molar-refractivity contribution in [2.24, 2.45) is 0 Å². The normalized spacial score (nSPS) is 16.1. The first-order valence-corrected chi connectivity index (χ1v) is 6.51. The predicted molar refractivity (Wildman–Crippen MR) is 74.1 cm³/mol. The zero-order chi connectivity index (χ0) is 13.1. The fourth-order valence-electron chi connectivity index (χ4n) is 2.39. The lowest BCUT2D eigenvalue weighted by Gasteiger charge is -2.22. The van der Waals surface area contributed by atoms with Crippen LogP contribution in [0.1, 0.15) is 12.0 Å². The van der Waals surface area contributed by atoms with Gasteiger partial charge in [-0.1, -0.05) is 18.2 Å². The third kappa shape index (κ3) is 2.38. The van der Waals surface area contributed by atoms with Gasteiger partial charge in [0.05, 0.1) is 17.7 Å². The number of aromatic nitrogens is 1. The molecule has 1 aromatic heterocycles. The van der Waals surface area contributed by atoms with Crippen LogP contribution in [0.3, 0.4) is 0 Å². The van der Waals surface area contributed by atoms with Gasteiger partial charge in [0, 0.05) is 25.1 Å². The molecule has 1 aliphatic rings. The van der Waals surface area contributed by atoms with Crippen molar-refractivity contribution in [1.29, 1.82) is 5.26 Å². The SMILES string of the molecule is N#Cc1cc2ccccc2nc1N1CCCOCC1. The first kappa shape index (κ1) is 11.9. The number of rotatable bonds is 1. The van der Waals surface area contributed by atoms with Crippen LogP contribution >= 0.6 is 0 Å². The highest BCUT2D eigenvalue weighted by Gasteiger charge is 2.16. The molecule has 2 heterocycles. The molecular weight excluding hydrogens is 238 g/mol. The van der Waals surface area contributed by atoms with Crippen molar-refractivity contribution in [2.75, 3.05) is 31.2 Å². The van der Waals surface area contributed by atoms with Gasteiger partial charge in [0.2, 0.25) is 0 Å². The molecule has 1 fully saturated rings. The summed E-state index contributed by atoms with van der Waals surface area (Å²) in [5, 5.41) is 10.3. The molecule has 4 nitrogen and oxygen atoms in total. The topological polar surface area (TPSA) is 49.2 Å². The van der Waals surface area contributed by atoms with E-state index in [-0.39, 0.29) is 0 Å². The molecule has 0 spiro atoms. The van der Waals surface area contributed by atoms with E-state index in [9.17, 15) is 5.26 Å². The van der Waals surface area contributed by atoms with E-state index in [0.717, 1.165) is 42.8 Å². The number of nitriles is 1. The Hall–Kier alpha value is -2.12. The Labute approximate surface area is 112 Å². The molecule has 3 rings (SSSR count). The highest BCUT2D eigenvalue weighted by atomic mass is 16.5. The molecule has 0 N–H and O–H groups in total. The van der Waals surface area contributed by atoms with Crippen LogP contribution in [0.4, 0.5) is 5.82 Å². The van der Waals surface area contributed by atoms with E-state index >= 15 is 0 Å². The maximum atomic E-state index is 9.33. The van der Waals surface area contributed by atoms with E-state index < -0.39 is 0 Å². The van der Waals surface area contributed by atoms with Crippen molar-refractivity contribution >= 4 is 16.7 Å². The summed E-state index contributed by atoms with van der Waals surface area (Å²) < 4.78 is 5.45. The molecule has 0 amide bonds. The molecule has 2 aromatic rings. The van der Waals surface area contributed by atoms with Crippen LogP contribution in [-0.4, -0.2) is 31.3 Å². The molecule has 1 saturated heterocycles. The second-order valence-electron chi connectivity index (χ2n) is 4.62. The maximum Gasteiger partial charge on any atom is 0.147 e. The van der Waals surface area contributed by atoms with Crippen LogP contribution in [0.5, 0.6) is 0 Å². The van der Waals surface area contributed by atoms with Gasteiger partial charge in [-0.15, -0.1) is 0 Å². The van der Waals surface area contributed by atoms with Gasteiger partial charge in [0.15, 0.2) is 0 Å². The van der Waals surface area contributed by atoms with Crippen LogP contribution in [-0.2, 0) is 4.74 Å². The number of anilines is 1. The summed E-state index contributed by atoms with van der Waals surface area (Å²) in [4.78, 5) is 6.81. The molecule has 1 aromatic carbocycles. The minimum atomic E-state index is 0.639. The number of nitrogens with zero attached hydrogens (tertiary/aromatic N) is 3. The lowest BCUT2D eigenvalue weighted by Crippen LogP contribution is -2.27. The van der Waals surface area contributed by atoms with Crippen LogP contribution in [0.15, 0.2) is 30.3 Å². The Balaban J connectivity index is 2.08. The fraction of sp³-hybridized carbons (Fsp3) is 0.333. The van der Waals surface area contributed by atoms with Gasteiger partial charge >= 0.3 is 0 Å². The van der Waals surface area contributed by atoms with Gasteiger partial charge in [-0.3, -0.25) is 0 Å². The number of hydrogen-bond donors (Lipinski definition) is 0. The Morgan fingerprint density at radius 2 is 2.11 bits per heavy atom. The lowest BCUT2D eigenvalue weighted by molar-refractivity contribution is 0.152. The van der Waals surface area contributed by atoms with Crippen molar-refractivity contribution in [1.82, 2.24) is 4.98 Å². The van der Waals surface area contributed by atoms with Crippen molar-refractivity contribution in [3.63, 3.8) is 0 Å². The highest BCUT2D eigenvalue weighted by molar-refractivity contribution is 5.83. The van der Waals surface area contributed by atoms with E-state index in [2.05, 4.69) is 16.0 Å². The van der Waals surface area contributed by atoms with E-state index in [1.54, 1.807) is 0 Å². The average Bonchev–Trinajstić information content (AvgIpc) is 2.74. The number of hydrogen-bond acceptors (Lipinski definition) is 4. The maximum absolute atomic E-state index is 9.33. The summed E-state index contributed by atoms with van der Waals surface area (Å²) in [6.45, 7) is 3.16. The number of para-hydroxylation sites is 1. The molecule has 0 bridgehead atoms. The van der Waals surface area contributed by atoms with Crippen molar-refractivity contribution in [2.45, 2.75) is 6.42 Å². The third-order valence-corrected chi connectivity index (χ3v) is 3.35. The average molecular weight is 253 g/mol. The first-order valence-electron chi connectivity index (χ1n) is 6.51. The summed E-state index contributed by atoms with van der Waals surface area (Å²) in [7, 11) is 0. The Bertz CT molecular complexity index is 625. The molecule has 96 valence electrons. The summed E-state index contributed by atoms with van der Waals surface area (Å²) in [6.07, 6.45) is 0.972. The largest absolute Gasteiger partial charge is 0.380 e.